The minimum Gasteiger partial charge on any atom is -0.424 e. The quantitative estimate of drug-likeness (QED) is 0.830. The Balaban J connectivity index is 2.23. The lowest BCUT2D eigenvalue weighted by atomic mass is 10.3. The van der Waals surface area contributed by atoms with Crippen LogP contribution >= 0.6 is 0 Å². The summed E-state index contributed by atoms with van der Waals surface area (Å²) < 4.78 is 5.61. The number of para-hydroxylation sites is 1. The van der Waals surface area contributed by atoms with Gasteiger partial charge in [0.25, 0.3) is 0 Å². The van der Waals surface area contributed by atoms with Crippen LogP contribution in [0.4, 0.5) is 11.9 Å². The third kappa shape index (κ3) is 3.80. The number of aromatic nitrogens is 3. The number of nitrogens with one attached hydrogen (secondary N) is 2. The van der Waals surface area contributed by atoms with E-state index in [0.717, 1.165) is 13.1 Å². The van der Waals surface area contributed by atoms with Crippen molar-refractivity contribution in [3.63, 3.8) is 0 Å². The Labute approximate surface area is 112 Å². The molecule has 2 aromatic rings. The molecule has 0 aliphatic carbocycles. The topological polar surface area (TPSA) is 72.0 Å². The van der Waals surface area contributed by atoms with Gasteiger partial charge in [0.1, 0.15) is 5.75 Å². The molecule has 0 fully saturated rings. The average Bonchev–Trinajstić information content (AvgIpc) is 2.40. The first-order valence-electron chi connectivity index (χ1n) is 6.28. The summed E-state index contributed by atoms with van der Waals surface area (Å²) in [4.78, 5) is 12.6. The highest BCUT2D eigenvalue weighted by Crippen LogP contribution is 2.19. The van der Waals surface area contributed by atoms with E-state index in [1.807, 2.05) is 44.2 Å². The summed E-state index contributed by atoms with van der Waals surface area (Å²) in [5.41, 5.74) is 0. The van der Waals surface area contributed by atoms with E-state index in [0.29, 0.717) is 17.6 Å². The summed E-state index contributed by atoms with van der Waals surface area (Å²) in [6, 6.07) is 9.69. The highest BCUT2D eigenvalue weighted by atomic mass is 16.5. The van der Waals surface area contributed by atoms with Crippen LogP contribution in [-0.2, 0) is 0 Å². The monoisotopic (exact) mass is 259 g/mol. The van der Waals surface area contributed by atoms with E-state index < -0.39 is 0 Å². The SMILES string of the molecule is CCNc1nc(NCC)nc(Oc2ccccc2)n1. The number of anilines is 2. The first-order valence-corrected chi connectivity index (χ1v) is 6.28. The zero-order valence-electron chi connectivity index (χ0n) is 11.1. The molecule has 19 heavy (non-hydrogen) atoms. The molecule has 2 rings (SSSR count). The molecule has 100 valence electrons. The van der Waals surface area contributed by atoms with Gasteiger partial charge in [0.05, 0.1) is 0 Å². The predicted molar refractivity (Wildman–Crippen MR) is 74.7 cm³/mol. The molecule has 1 aromatic carbocycles. The van der Waals surface area contributed by atoms with Gasteiger partial charge in [-0.1, -0.05) is 18.2 Å². The molecule has 0 atom stereocenters. The number of hydrogen-bond donors (Lipinski definition) is 2. The van der Waals surface area contributed by atoms with Gasteiger partial charge in [0.2, 0.25) is 11.9 Å². The lowest BCUT2D eigenvalue weighted by molar-refractivity contribution is 0.441. The highest BCUT2D eigenvalue weighted by Gasteiger charge is 2.07. The minimum absolute atomic E-state index is 0.271. The van der Waals surface area contributed by atoms with Crippen LogP contribution in [0.5, 0.6) is 11.8 Å². The van der Waals surface area contributed by atoms with Gasteiger partial charge in [-0.25, -0.2) is 0 Å². The second-order valence-electron chi connectivity index (χ2n) is 3.74. The average molecular weight is 259 g/mol. The molecule has 6 heteroatoms. The van der Waals surface area contributed by atoms with Crippen molar-refractivity contribution >= 4 is 11.9 Å². The van der Waals surface area contributed by atoms with E-state index in [1.54, 1.807) is 0 Å². The molecule has 0 saturated carbocycles. The Hall–Kier alpha value is -2.37. The maximum absolute atomic E-state index is 5.61. The van der Waals surface area contributed by atoms with E-state index in [2.05, 4.69) is 25.6 Å². The summed E-state index contributed by atoms with van der Waals surface area (Å²) in [5.74, 6) is 1.69. The van der Waals surface area contributed by atoms with Gasteiger partial charge >= 0.3 is 6.01 Å². The van der Waals surface area contributed by atoms with Crippen LogP contribution in [0.3, 0.4) is 0 Å². The Bertz CT molecular complexity index is 493. The van der Waals surface area contributed by atoms with Crippen molar-refractivity contribution in [3.8, 4) is 11.8 Å². The number of benzene rings is 1. The fraction of sp³-hybridized carbons (Fsp3) is 0.308. The van der Waals surface area contributed by atoms with Crippen molar-refractivity contribution in [2.45, 2.75) is 13.8 Å². The van der Waals surface area contributed by atoms with Crippen LogP contribution in [0.25, 0.3) is 0 Å². The Morgan fingerprint density at radius 1 is 0.895 bits per heavy atom. The molecule has 0 amide bonds. The Morgan fingerprint density at radius 3 is 2.00 bits per heavy atom. The second kappa shape index (κ2) is 6.53. The van der Waals surface area contributed by atoms with Crippen LogP contribution in [0, 0.1) is 0 Å². The zero-order valence-corrected chi connectivity index (χ0v) is 11.1. The predicted octanol–water partition coefficient (Wildman–Crippen LogP) is 2.53. The van der Waals surface area contributed by atoms with E-state index in [-0.39, 0.29) is 6.01 Å². The molecule has 1 aromatic heterocycles. The molecule has 0 saturated heterocycles. The van der Waals surface area contributed by atoms with E-state index in [1.165, 1.54) is 0 Å². The van der Waals surface area contributed by atoms with Crippen molar-refractivity contribution in [1.82, 2.24) is 15.0 Å². The first-order chi connectivity index (χ1) is 9.31. The van der Waals surface area contributed by atoms with Crippen LogP contribution in [0.1, 0.15) is 13.8 Å². The van der Waals surface area contributed by atoms with Crippen molar-refractivity contribution in [2.24, 2.45) is 0 Å². The molecule has 0 bridgehead atoms. The third-order valence-corrected chi connectivity index (χ3v) is 2.24. The van der Waals surface area contributed by atoms with Crippen LogP contribution in [0.2, 0.25) is 0 Å². The molecule has 0 unspecified atom stereocenters. The summed E-state index contributed by atoms with van der Waals surface area (Å²) in [5, 5.41) is 6.10. The maximum atomic E-state index is 5.61. The molecular weight excluding hydrogens is 242 g/mol. The maximum Gasteiger partial charge on any atom is 0.328 e. The first kappa shape index (κ1) is 13.1. The van der Waals surface area contributed by atoms with Crippen molar-refractivity contribution < 1.29 is 4.74 Å². The van der Waals surface area contributed by atoms with Gasteiger partial charge in [-0.2, -0.15) is 15.0 Å². The number of nitrogens with zero attached hydrogens (tertiary/aromatic N) is 3. The molecular formula is C13H17N5O. The van der Waals surface area contributed by atoms with Crippen molar-refractivity contribution in [3.05, 3.63) is 30.3 Å². The van der Waals surface area contributed by atoms with Crippen molar-refractivity contribution in [1.29, 1.82) is 0 Å². The van der Waals surface area contributed by atoms with Gasteiger partial charge < -0.3 is 15.4 Å². The molecule has 0 aliphatic rings. The van der Waals surface area contributed by atoms with E-state index in [9.17, 15) is 0 Å². The number of hydrogen-bond acceptors (Lipinski definition) is 6. The van der Waals surface area contributed by atoms with Gasteiger partial charge in [0, 0.05) is 13.1 Å². The number of rotatable bonds is 6. The zero-order chi connectivity index (χ0) is 13.5. The smallest absolute Gasteiger partial charge is 0.328 e. The van der Waals surface area contributed by atoms with Gasteiger partial charge in [0.15, 0.2) is 0 Å². The third-order valence-electron chi connectivity index (χ3n) is 2.24. The largest absolute Gasteiger partial charge is 0.424 e. The number of ether oxygens (including phenoxy) is 1. The van der Waals surface area contributed by atoms with Crippen LogP contribution in [-0.4, -0.2) is 28.0 Å². The molecule has 6 nitrogen and oxygen atoms in total. The molecule has 0 radical (unpaired) electrons. The van der Waals surface area contributed by atoms with Crippen LogP contribution < -0.4 is 15.4 Å². The molecule has 2 N–H and O–H groups in total. The molecule has 0 spiro atoms. The normalized spacial score (nSPS) is 10.0. The Morgan fingerprint density at radius 2 is 1.47 bits per heavy atom. The fourth-order valence-electron chi connectivity index (χ4n) is 1.47. The van der Waals surface area contributed by atoms with Gasteiger partial charge in [-0.15, -0.1) is 0 Å². The Kier molecular flexibility index (Phi) is 4.49. The molecule has 1 heterocycles. The fourth-order valence-corrected chi connectivity index (χ4v) is 1.47. The van der Waals surface area contributed by atoms with Gasteiger partial charge in [-0.3, -0.25) is 0 Å². The summed E-state index contributed by atoms with van der Waals surface area (Å²) >= 11 is 0. The lowest BCUT2D eigenvalue weighted by Gasteiger charge is -2.08. The van der Waals surface area contributed by atoms with Gasteiger partial charge in [-0.05, 0) is 26.0 Å². The molecule has 0 aliphatic heterocycles. The highest BCUT2D eigenvalue weighted by molar-refractivity contribution is 5.36. The minimum atomic E-state index is 0.271. The van der Waals surface area contributed by atoms with E-state index >= 15 is 0 Å². The van der Waals surface area contributed by atoms with Crippen LogP contribution in [0.15, 0.2) is 30.3 Å². The summed E-state index contributed by atoms with van der Waals surface area (Å²) in [6.07, 6.45) is 0. The summed E-state index contributed by atoms with van der Waals surface area (Å²) in [6.45, 7) is 5.43. The standard InChI is InChI=1S/C13H17N5O/c1-3-14-11-16-12(15-4-2)18-13(17-11)19-10-8-6-5-7-9-10/h5-9H,3-4H2,1-2H3,(H2,14,15,16,17,18). The lowest BCUT2D eigenvalue weighted by Crippen LogP contribution is -2.09. The second-order valence-corrected chi connectivity index (χ2v) is 3.74. The summed E-state index contributed by atoms with van der Waals surface area (Å²) in [7, 11) is 0. The van der Waals surface area contributed by atoms with Crippen molar-refractivity contribution in [2.75, 3.05) is 23.7 Å². The van der Waals surface area contributed by atoms with E-state index in [4.69, 9.17) is 4.74 Å².